The molecule has 1 fully saturated rings. The average molecular weight is 172 g/mol. The first kappa shape index (κ1) is 9.96. The van der Waals surface area contributed by atoms with E-state index < -0.39 is 0 Å². The molecule has 3 N–H and O–H groups in total. The summed E-state index contributed by atoms with van der Waals surface area (Å²) >= 11 is 0. The van der Waals surface area contributed by atoms with Crippen molar-refractivity contribution >= 4 is 0 Å². The molecule has 0 aromatic heterocycles. The van der Waals surface area contributed by atoms with Gasteiger partial charge < -0.3 is 10.8 Å². The molecule has 0 bridgehead atoms. The topological polar surface area (TPSA) is 49.5 Å². The number of likely N-dealkylation sites (tertiary alicyclic amines) is 1. The monoisotopic (exact) mass is 172 g/mol. The van der Waals surface area contributed by atoms with Gasteiger partial charge in [0.2, 0.25) is 0 Å². The lowest BCUT2D eigenvalue weighted by atomic mass is 10.1. The van der Waals surface area contributed by atoms with Crippen LogP contribution in [0.4, 0.5) is 0 Å². The fourth-order valence-corrected chi connectivity index (χ4v) is 1.94. The molecule has 0 radical (unpaired) electrons. The fourth-order valence-electron chi connectivity index (χ4n) is 1.94. The molecule has 1 aliphatic heterocycles. The smallest absolute Gasteiger partial charge is 0.0789 e. The van der Waals surface area contributed by atoms with Crippen LogP contribution in [0.3, 0.4) is 0 Å². The molecule has 0 aromatic rings. The first-order valence-electron chi connectivity index (χ1n) is 4.90. The van der Waals surface area contributed by atoms with E-state index in [0.717, 1.165) is 13.1 Å². The normalized spacial score (nSPS) is 27.8. The third-order valence-corrected chi connectivity index (χ3v) is 2.69. The van der Waals surface area contributed by atoms with Crippen LogP contribution in [-0.4, -0.2) is 41.8 Å². The summed E-state index contributed by atoms with van der Waals surface area (Å²) in [6.45, 7) is 4.48. The van der Waals surface area contributed by atoms with E-state index in [9.17, 15) is 5.11 Å². The van der Waals surface area contributed by atoms with Crippen molar-refractivity contribution in [2.45, 2.75) is 38.3 Å². The lowest BCUT2D eigenvalue weighted by Gasteiger charge is -2.25. The van der Waals surface area contributed by atoms with Crippen molar-refractivity contribution in [1.29, 1.82) is 0 Å². The standard InChI is InChI=1S/C9H20N2O/c1-2-8-4-3-5-11(8)7-9(12)6-10/h8-9,12H,2-7,10H2,1H3/t8?,9-/m0/s1. The predicted octanol–water partition coefficient (Wildman–Crippen LogP) is 0.180. The second kappa shape index (κ2) is 4.80. The Morgan fingerprint density at radius 1 is 1.67 bits per heavy atom. The lowest BCUT2D eigenvalue weighted by Crippen LogP contribution is -2.39. The van der Waals surface area contributed by atoms with Crippen LogP contribution in [0.15, 0.2) is 0 Å². The summed E-state index contributed by atoms with van der Waals surface area (Å²) in [5.41, 5.74) is 5.36. The zero-order valence-electron chi connectivity index (χ0n) is 7.87. The minimum Gasteiger partial charge on any atom is -0.390 e. The Balaban J connectivity index is 2.30. The number of aliphatic hydroxyl groups is 1. The molecule has 0 spiro atoms. The Hall–Kier alpha value is -0.120. The van der Waals surface area contributed by atoms with Crippen molar-refractivity contribution < 1.29 is 5.11 Å². The molecular formula is C9H20N2O. The Bertz CT molecular complexity index is 130. The van der Waals surface area contributed by atoms with Gasteiger partial charge in [-0.2, -0.15) is 0 Å². The largest absolute Gasteiger partial charge is 0.390 e. The predicted molar refractivity (Wildman–Crippen MR) is 49.9 cm³/mol. The van der Waals surface area contributed by atoms with E-state index in [-0.39, 0.29) is 6.10 Å². The lowest BCUT2D eigenvalue weighted by molar-refractivity contribution is 0.110. The van der Waals surface area contributed by atoms with Crippen LogP contribution in [0.2, 0.25) is 0 Å². The maximum absolute atomic E-state index is 9.36. The summed E-state index contributed by atoms with van der Waals surface area (Å²) in [7, 11) is 0. The Kier molecular flexibility index (Phi) is 3.98. The molecular weight excluding hydrogens is 152 g/mol. The summed E-state index contributed by atoms with van der Waals surface area (Å²) < 4.78 is 0. The number of hydrogen-bond acceptors (Lipinski definition) is 3. The third kappa shape index (κ3) is 2.44. The molecule has 12 heavy (non-hydrogen) atoms. The highest BCUT2D eigenvalue weighted by atomic mass is 16.3. The molecule has 3 heteroatoms. The molecule has 0 amide bonds. The molecule has 1 rings (SSSR count). The highest BCUT2D eigenvalue weighted by Gasteiger charge is 2.23. The molecule has 3 nitrogen and oxygen atoms in total. The van der Waals surface area contributed by atoms with Crippen molar-refractivity contribution in [2.75, 3.05) is 19.6 Å². The van der Waals surface area contributed by atoms with Gasteiger partial charge in [-0.3, -0.25) is 4.90 Å². The highest BCUT2D eigenvalue weighted by molar-refractivity contribution is 4.79. The molecule has 2 atom stereocenters. The summed E-state index contributed by atoms with van der Waals surface area (Å²) in [5, 5.41) is 9.36. The summed E-state index contributed by atoms with van der Waals surface area (Å²) in [5.74, 6) is 0. The minimum atomic E-state index is -0.336. The molecule has 72 valence electrons. The van der Waals surface area contributed by atoms with Crippen molar-refractivity contribution in [3.8, 4) is 0 Å². The average Bonchev–Trinajstić information content (AvgIpc) is 2.51. The molecule has 1 saturated heterocycles. The molecule has 0 saturated carbocycles. The Labute approximate surface area is 74.5 Å². The van der Waals surface area contributed by atoms with Crippen LogP contribution < -0.4 is 5.73 Å². The maximum atomic E-state index is 9.36. The van der Waals surface area contributed by atoms with Gasteiger partial charge in [0.05, 0.1) is 6.10 Å². The van der Waals surface area contributed by atoms with Crippen molar-refractivity contribution in [2.24, 2.45) is 5.73 Å². The van der Waals surface area contributed by atoms with Crippen LogP contribution in [0.1, 0.15) is 26.2 Å². The molecule has 0 aromatic carbocycles. The number of rotatable bonds is 4. The van der Waals surface area contributed by atoms with Gasteiger partial charge in [-0.15, -0.1) is 0 Å². The molecule has 1 heterocycles. The van der Waals surface area contributed by atoms with Crippen molar-refractivity contribution in [3.63, 3.8) is 0 Å². The van der Waals surface area contributed by atoms with Crippen LogP contribution >= 0.6 is 0 Å². The van der Waals surface area contributed by atoms with Gasteiger partial charge in [0, 0.05) is 19.1 Å². The Morgan fingerprint density at radius 2 is 2.42 bits per heavy atom. The van der Waals surface area contributed by atoms with Gasteiger partial charge in [-0.05, 0) is 25.8 Å². The number of β-amino-alcohol motifs (C(OH)–C–C–N with tert-alkyl or cyclic N) is 1. The number of aliphatic hydroxyl groups excluding tert-OH is 1. The summed E-state index contributed by atoms with van der Waals surface area (Å²) in [6.07, 6.45) is 3.41. The van der Waals surface area contributed by atoms with E-state index in [1.165, 1.54) is 19.3 Å². The SMILES string of the molecule is CCC1CCCN1C[C@@H](O)CN. The van der Waals surface area contributed by atoms with E-state index in [2.05, 4.69) is 11.8 Å². The van der Waals surface area contributed by atoms with E-state index in [4.69, 9.17) is 5.73 Å². The van der Waals surface area contributed by atoms with Crippen LogP contribution in [0.25, 0.3) is 0 Å². The van der Waals surface area contributed by atoms with E-state index in [0.29, 0.717) is 12.6 Å². The van der Waals surface area contributed by atoms with Gasteiger partial charge >= 0.3 is 0 Å². The van der Waals surface area contributed by atoms with Crippen molar-refractivity contribution in [1.82, 2.24) is 4.90 Å². The van der Waals surface area contributed by atoms with E-state index >= 15 is 0 Å². The second-order valence-electron chi connectivity index (χ2n) is 3.59. The zero-order chi connectivity index (χ0) is 8.97. The Morgan fingerprint density at radius 3 is 3.00 bits per heavy atom. The van der Waals surface area contributed by atoms with Crippen LogP contribution in [-0.2, 0) is 0 Å². The number of nitrogens with zero attached hydrogens (tertiary/aromatic N) is 1. The first-order chi connectivity index (χ1) is 5.77. The van der Waals surface area contributed by atoms with Gasteiger partial charge in [0.15, 0.2) is 0 Å². The third-order valence-electron chi connectivity index (χ3n) is 2.69. The van der Waals surface area contributed by atoms with Gasteiger partial charge in [-0.25, -0.2) is 0 Å². The van der Waals surface area contributed by atoms with Gasteiger partial charge in [0.25, 0.3) is 0 Å². The number of nitrogens with two attached hydrogens (primary N) is 1. The molecule has 1 aliphatic rings. The second-order valence-corrected chi connectivity index (χ2v) is 3.59. The van der Waals surface area contributed by atoms with Crippen molar-refractivity contribution in [3.05, 3.63) is 0 Å². The van der Waals surface area contributed by atoms with Crippen LogP contribution in [0.5, 0.6) is 0 Å². The fraction of sp³-hybridized carbons (Fsp3) is 1.00. The summed E-state index contributed by atoms with van der Waals surface area (Å²) in [6, 6.07) is 0.686. The molecule has 1 unspecified atom stereocenters. The quantitative estimate of drug-likeness (QED) is 0.636. The first-order valence-corrected chi connectivity index (χ1v) is 4.90. The zero-order valence-corrected chi connectivity index (χ0v) is 7.87. The summed E-state index contributed by atoms with van der Waals surface area (Å²) in [4.78, 5) is 2.36. The van der Waals surface area contributed by atoms with E-state index in [1.54, 1.807) is 0 Å². The van der Waals surface area contributed by atoms with Crippen LogP contribution in [0, 0.1) is 0 Å². The molecule has 0 aliphatic carbocycles. The number of hydrogen-bond donors (Lipinski definition) is 2. The maximum Gasteiger partial charge on any atom is 0.0789 e. The van der Waals surface area contributed by atoms with E-state index in [1.807, 2.05) is 0 Å². The highest BCUT2D eigenvalue weighted by Crippen LogP contribution is 2.19. The minimum absolute atomic E-state index is 0.336. The van der Waals surface area contributed by atoms with Gasteiger partial charge in [-0.1, -0.05) is 6.92 Å². The van der Waals surface area contributed by atoms with Gasteiger partial charge in [0.1, 0.15) is 0 Å².